The lowest BCUT2D eigenvalue weighted by atomic mass is 10.0. The van der Waals surface area contributed by atoms with Crippen LogP contribution in [0.4, 0.5) is 5.69 Å². The van der Waals surface area contributed by atoms with Crippen molar-refractivity contribution in [1.82, 2.24) is 0 Å². The predicted molar refractivity (Wildman–Crippen MR) is 99.6 cm³/mol. The molecule has 25 heavy (non-hydrogen) atoms. The Balaban J connectivity index is 1.87. The van der Waals surface area contributed by atoms with E-state index in [4.69, 9.17) is 9.15 Å². The molecule has 0 radical (unpaired) electrons. The third-order valence-corrected chi connectivity index (χ3v) is 5.33. The summed E-state index contributed by atoms with van der Waals surface area (Å²) < 4.78 is 11.6. The fourth-order valence-corrected chi connectivity index (χ4v) is 3.45. The number of aryl methyl sites for hydroxylation is 2. The number of hydrogen-bond donors (Lipinski definition) is 0. The van der Waals surface area contributed by atoms with E-state index in [1.54, 1.807) is 6.92 Å². The second-order valence-electron chi connectivity index (χ2n) is 6.75. The zero-order valence-electron chi connectivity index (χ0n) is 15.0. The Morgan fingerprint density at radius 1 is 0.960 bits per heavy atom. The first-order chi connectivity index (χ1) is 12.0. The van der Waals surface area contributed by atoms with Gasteiger partial charge in [0.2, 0.25) is 0 Å². The molecule has 0 spiro atoms. The fourth-order valence-electron chi connectivity index (χ4n) is 3.45. The standard InChI is InChI=1S/C21H21NO3/c1-12-6-5-7-18(13(12)2)22-10-17-19(24-11-22)9-8-16-14(3)15(4)21(23)25-20(16)17/h5-9H,10-11H2,1-4H3. The van der Waals surface area contributed by atoms with E-state index in [2.05, 4.69) is 36.9 Å². The topological polar surface area (TPSA) is 42.7 Å². The van der Waals surface area contributed by atoms with Gasteiger partial charge in [-0.05, 0) is 62.6 Å². The number of rotatable bonds is 1. The Hall–Kier alpha value is -2.75. The first-order valence-electron chi connectivity index (χ1n) is 8.47. The highest BCUT2D eigenvalue weighted by Crippen LogP contribution is 2.36. The molecule has 2 aromatic carbocycles. The molecule has 128 valence electrons. The van der Waals surface area contributed by atoms with Crippen molar-refractivity contribution in [2.24, 2.45) is 0 Å². The molecule has 1 aliphatic rings. The minimum Gasteiger partial charge on any atom is -0.473 e. The zero-order chi connectivity index (χ0) is 17.7. The van der Waals surface area contributed by atoms with Crippen molar-refractivity contribution in [3.05, 3.63) is 68.6 Å². The molecule has 4 heteroatoms. The summed E-state index contributed by atoms with van der Waals surface area (Å²) in [6, 6.07) is 10.2. The van der Waals surface area contributed by atoms with Crippen LogP contribution in [0.2, 0.25) is 0 Å². The highest BCUT2D eigenvalue weighted by molar-refractivity contribution is 5.86. The molecule has 0 atom stereocenters. The van der Waals surface area contributed by atoms with Crippen LogP contribution in [0.25, 0.3) is 11.0 Å². The number of ether oxygens (including phenoxy) is 1. The molecule has 0 bridgehead atoms. The Kier molecular flexibility index (Phi) is 3.57. The molecule has 0 saturated carbocycles. The number of nitrogens with zero attached hydrogens (tertiary/aromatic N) is 1. The minimum atomic E-state index is -0.276. The second-order valence-corrected chi connectivity index (χ2v) is 6.75. The van der Waals surface area contributed by atoms with E-state index in [9.17, 15) is 4.79 Å². The predicted octanol–water partition coefficient (Wildman–Crippen LogP) is 4.38. The van der Waals surface area contributed by atoms with Crippen LogP contribution in [0.3, 0.4) is 0 Å². The highest BCUT2D eigenvalue weighted by Gasteiger charge is 2.23. The van der Waals surface area contributed by atoms with Gasteiger partial charge in [-0.25, -0.2) is 4.79 Å². The van der Waals surface area contributed by atoms with Crippen molar-refractivity contribution in [3.8, 4) is 5.75 Å². The molecule has 0 amide bonds. The van der Waals surface area contributed by atoms with E-state index in [0.717, 1.165) is 28.0 Å². The maximum atomic E-state index is 12.2. The van der Waals surface area contributed by atoms with Crippen LogP contribution in [0.15, 0.2) is 39.5 Å². The highest BCUT2D eigenvalue weighted by atomic mass is 16.5. The molecular formula is C21H21NO3. The number of benzene rings is 2. The smallest absolute Gasteiger partial charge is 0.339 e. The van der Waals surface area contributed by atoms with E-state index in [-0.39, 0.29) is 5.63 Å². The van der Waals surface area contributed by atoms with Crippen LogP contribution < -0.4 is 15.3 Å². The van der Waals surface area contributed by atoms with Gasteiger partial charge in [0.1, 0.15) is 11.3 Å². The van der Waals surface area contributed by atoms with Crippen molar-refractivity contribution in [3.63, 3.8) is 0 Å². The number of anilines is 1. The van der Waals surface area contributed by atoms with Crippen LogP contribution in [0.1, 0.15) is 27.8 Å². The van der Waals surface area contributed by atoms with Gasteiger partial charge in [0.05, 0.1) is 12.1 Å². The number of hydrogen-bond acceptors (Lipinski definition) is 4. The van der Waals surface area contributed by atoms with Crippen LogP contribution >= 0.6 is 0 Å². The van der Waals surface area contributed by atoms with Gasteiger partial charge in [0.15, 0.2) is 6.73 Å². The Morgan fingerprint density at radius 3 is 2.56 bits per heavy atom. The van der Waals surface area contributed by atoms with Gasteiger partial charge in [-0.1, -0.05) is 12.1 Å². The van der Waals surface area contributed by atoms with Gasteiger partial charge in [-0.3, -0.25) is 0 Å². The molecule has 1 aromatic heterocycles. The van der Waals surface area contributed by atoms with Crippen molar-refractivity contribution < 1.29 is 9.15 Å². The van der Waals surface area contributed by atoms with Crippen molar-refractivity contribution in [2.45, 2.75) is 34.2 Å². The summed E-state index contributed by atoms with van der Waals surface area (Å²) in [5.41, 5.74) is 6.57. The summed E-state index contributed by atoms with van der Waals surface area (Å²) in [7, 11) is 0. The summed E-state index contributed by atoms with van der Waals surface area (Å²) in [6.45, 7) is 9.14. The molecule has 0 N–H and O–H groups in total. The lowest BCUT2D eigenvalue weighted by molar-refractivity contribution is 0.289. The molecule has 0 unspecified atom stereocenters. The molecule has 0 aliphatic carbocycles. The summed E-state index contributed by atoms with van der Waals surface area (Å²) >= 11 is 0. The maximum absolute atomic E-state index is 12.2. The lowest BCUT2D eigenvalue weighted by Gasteiger charge is -2.32. The number of fused-ring (bicyclic) bond motifs is 3. The fraction of sp³-hybridized carbons (Fsp3) is 0.286. The average Bonchev–Trinajstić information content (AvgIpc) is 2.61. The first-order valence-corrected chi connectivity index (χ1v) is 8.47. The molecule has 1 aliphatic heterocycles. The summed E-state index contributed by atoms with van der Waals surface area (Å²) in [5.74, 6) is 0.792. The van der Waals surface area contributed by atoms with E-state index < -0.39 is 0 Å². The zero-order valence-corrected chi connectivity index (χ0v) is 15.0. The first kappa shape index (κ1) is 15.8. The molecule has 0 saturated heterocycles. The third-order valence-electron chi connectivity index (χ3n) is 5.33. The summed E-state index contributed by atoms with van der Waals surface area (Å²) in [4.78, 5) is 14.3. The van der Waals surface area contributed by atoms with Crippen LogP contribution in [-0.4, -0.2) is 6.73 Å². The lowest BCUT2D eigenvalue weighted by Crippen LogP contribution is -2.32. The van der Waals surface area contributed by atoms with Gasteiger partial charge in [-0.15, -0.1) is 0 Å². The summed E-state index contributed by atoms with van der Waals surface area (Å²) in [6.07, 6.45) is 0. The van der Waals surface area contributed by atoms with Gasteiger partial charge >= 0.3 is 5.63 Å². The van der Waals surface area contributed by atoms with Gasteiger partial charge in [0, 0.05) is 16.6 Å². The van der Waals surface area contributed by atoms with Crippen LogP contribution in [-0.2, 0) is 6.54 Å². The van der Waals surface area contributed by atoms with Crippen molar-refractivity contribution >= 4 is 16.7 Å². The molecule has 0 fully saturated rings. The van der Waals surface area contributed by atoms with E-state index in [0.29, 0.717) is 24.4 Å². The molecule has 4 rings (SSSR count). The van der Waals surface area contributed by atoms with E-state index >= 15 is 0 Å². The molecular weight excluding hydrogens is 314 g/mol. The molecule has 4 nitrogen and oxygen atoms in total. The SMILES string of the molecule is Cc1cccc(N2COc3ccc4c(C)c(C)c(=O)oc4c3C2)c1C. The van der Waals surface area contributed by atoms with Gasteiger partial charge < -0.3 is 14.1 Å². The molecule has 2 heterocycles. The maximum Gasteiger partial charge on any atom is 0.339 e. The Bertz CT molecular complexity index is 1050. The van der Waals surface area contributed by atoms with Crippen molar-refractivity contribution in [1.29, 1.82) is 0 Å². The minimum absolute atomic E-state index is 0.276. The average molecular weight is 335 g/mol. The van der Waals surface area contributed by atoms with Crippen LogP contribution in [0, 0.1) is 27.7 Å². The Labute approximate surface area is 146 Å². The van der Waals surface area contributed by atoms with E-state index in [1.807, 2.05) is 19.1 Å². The second kappa shape index (κ2) is 5.66. The van der Waals surface area contributed by atoms with Gasteiger partial charge in [-0.2, -0.15) is 0 Å². The van der Waals surface area contributed by atoms with E-state index in [1.165, 1.54) is 11.1 Å². The van der Waals surface area contributed by atoms with Gasteiger partial charge in [0.25, 0.3) is 0 Å². The normalized spacial score (nSPS) is 13.7. The largest absolute Gasteiger partial charge is 0.473 e. The van der Waals surface area contributed by atoms with Crippen LogP contribution in [0.5, 0.6) is 5.75 Å². The summed E-state index contributed by atoms with van der Waals surface area (Å²) in [5, 5.41) is 0.974. The third kappa shape index (κ3) is 2.40. The quantitative estimate of drug-likeness (QED) is 0.619. The molecule has 3 aromatic rings. The monoisotopic (exact) mass is 335 g/mol. The Morgan fingerprint density at radius 2 is 1.76 bits per heavy atom. The van der Waals surface area contributed by atoms with Crippen molar-refractivity contribution in [2.75, 3.05) is 11.6 Å².